The fourth-order valence-electron chi connectivity index (χ4n) is 3.25. The molecule has 2 saturated heterocycles. The van der Waals surface area contributed by atoms with Crippen molar-refractivity contribution in [2.75, 3.05) is 17.7 Å². The summed E-state index contributed by atoms with van der Waals surface area (Å²) in [5.41, 5.74) is 0.823. The molecule has 0 radical (unpaired) electrons. The van der Waals surface area contributed by atoms with Gasteiger partial charge in [-0.2, -0.15) is 0 Å². The molecule has 2 aliphatic rings. The fraction of sp³-hybridized carbons (Fsp3) is 0.500. The van der Waals surface area contributed by atoms with Crippen molar-refractivity contribution < 1.29 is 9.59 Å². The molecule has 1 aromatic carbocycles. The molecule has 0 N–H and O–H groups in total. The van der Waals surface area contributed by atoms with Crippen LogP contribution in [0.1, 0.15) is 26.2 Å². The number of hydrogen-bond acceptors (Lipinski definition) is 3. The Bertz CT molecular complexity index is 558. The highest BCUT2D eigenvalue weighted by atomic mass is 32.2. The van der Waals surface area contributed by atoms with Crippen LogP contribution in [0.3, 0.4) is 0 Å². The number of benzene rings is 1. The van der Waals surface area contributed by atoms with E-state index in [2.05, 4.69) is 0 Å². The number of rotatable bonds is 2. The van der Waals surface area contributed by atoms with Crippen LogP contribution >= 0.6 is 11.8 Å². The normalized spacial score (nSPS) is 26.0. The second-order valence-electron chi connectivity index (χ2n) is 5.63. The number of carbonyl (C=O) groups is 2. The van der Waals surface area contributed by atoms with Crippen molar-refractivity contribution in [3.8, 4) is 0 Å². The molecule has 2 fully saturated rings. The number of piperazine rings is 1. The lowest BCUT2D eigenvalue weighted by molar-refractivity contribution is -0.147. The van der Waals surface area contributed by atoms with Gasteiger partial charge in [0.15, 0.2) is 0 Å². The van der Waals surface area contributed by atoms with Crippen molar-refractivity contribution in [3.05, 3.63) is 24.3 Å². The monoisotopic (exact) mass is 304 g/mol. The minimum atomic E-state index is -0.410. The Morgan fingerprint density at radius 3 is 2.48 bits per heavy atom. The van der Waals surface area contributed by atoms with Crippen LogP contribution in [0.25, 0.3) is 0 Å². The van der Waals surface area contributed by atoms with Crippen molar-refractivity contribution >= 4 is 29.3 Å². The molecule has 0 aromatic heterocycles. The molecule has 112 valence electrons. The molecule has 1 aromatic rings. The summed E-state index contributed by atoms with van der Waals surface area (Å²) in [5.74, 6) is 0.145. The van der Waals surface area contributed by atoms with Crippen LogP contribution in [0.4, 0.5) is 5.69 Å². The molecule has 2 amide bonds. The summed E-state index contributed by atoms with van der Waals surface area (Å²) in [7, 11) is 0. The highest BCUT2D eigenvalue weighted by Crippen LogP contribution is 2.30. The third-order valence-electron chi connectivity index (χ3n) is 4.40. The van der Waals surface area contributed by atoms with E-state index in [4.69, 9.17) is 0 Å². The van der Waals surface area contributed by atoms with Gasteiger partial charge in [-0.25, -0.2) is 0 Å². The predicted molar refractivity (Wildman–Crippen MR) is 84.5 cm³/mol. The third-order valence-corrected chi connectivity index (χ3v) is 5.15. The Balaban J connectivity index is 1.92. The van der Waals surface area contributed by atoms with Gasteiger partial charge in [0.05, 0.1) is 0 Å². The molecule has 21 heavy (non-hydrogen) atoms. The van der Waals surface area contributed by atoms with Crippen LogP contribution in [0.5, 0.6) is 0 Å². The molecular weight excluding hydrogens is 284 g/mol. The highest BCUT2D eigenvalue weighted by Gasteiger charge is 2.45. The van der Waals surface area contributed by atoms with E-state index in [9.17, 15) is 9.59 Å². The van der Waals surface area contributed by atoms with E-state index >= 15 is 0 Å². The first-order valence-corrected chi connectivity index (χ1v) is 8.63. The Morgan fingerprint density at radius 1 is 1.10 bits per heavy atom. The second-order valence-corrected chi connectivity index (χ2v) is 6.51. The molecule has 2 atom stereocenters. The highest BCUT2D eigenvalue weighted by molar-refractivity contribution is 7.98. The first kappa shape index (κ1) is 14.4. The zero-order valence-corrected chi connectivity index (χ0v) is 13.2. The average molecular weight is 304 g/mol. The van der Waals surface area contributed by atoms with Crippen LogP contribution in [0.15, 0.2) is 29.2 Å². The van der Waals surface area contributed by atoms with Gasteiger partial charge in [-0.05, 0) is 56.7 Å². The molecule has 0 bridgehead atoms. The molecule has 5 heteroatoms. The molecular formula is C16H20N2O2S. The van der Waals surface area contributed by atoms with Crippen molar-refractivity contribution in [1.29, 1.82) is 0 Å². The predicted octanol–water partition coefficient (Wildman–Crippen LogP) is 2.52. The van der Waals surface area contributed by atoms with Crippen molar-refractivity contribution in [2.24, 2.45) is 0 Å². The van der Waals surface area contributed by atoms with Crippen LogP contribution in [0.2, 0.25) is 0 Å². The molecule has 0 spiro atoms. The van der Waals surface area contributed by atoms with E-state index in [1.807, 2.05) is 37.4 Å². The van der Waals surface area contributed by atoms with Crippen LogP contribution in [-0.4, -0.2) is 41.6 Å². The summed E-state index contributed by atoms with van der Waals surface area (Å²) in [6.45, 7) is 2.55. The molecule has 0 aliphatic carbocycles. The topological polar surface area (TPSA) is 40.6 Å². The van der Waals surface area contributed by atoms with Gasteiger partial charge in [-0.3, -0.25) is 14.5 Å². The lowest BCUT2D eigenvalue weighted by Gasteiger charge is -2.46. The molecule has 3 rings (SSSR count). The summed E-state index contributed by atoms with van der Waals surface area (Å²) in [6, 6.07) is 7.20. The second kappa shape index (κ2) is 5.72. The Labute approximate surface area is 129 Å². The van der Waals surface area contributed by atoms with Gasteiger partial charge in [0.25, 0.3) is 5.91 Å². The van der Waals surface area contributed by atoms with Gasteiger partial charge in [0.1, 0.15) is 12.1 Å². The maximum absolute atomic E-state index is 12.8. The van der Waals surface area contributed by atoms with E-state index in [0.29, 0.717) is 0 Å². The lowest BCUT2D eigenvalue weighted by atomic mass is 9.95. The summed E-state index contributed by atoms with van der Waals surface area (Å²) < 4.78 is 0. The number of amides is 2. The zero-order chi connectivity index (χ0) is 15.0. The minimum absolute atomic E-state index is 0.0682. The van der Waals surface area contributed by atoms with Crippen LogP contribution in [0, 0.1) is 0 Å². The first-order valence-electron chi connectivity index (χ1n) is 7.41. The van der Waals surface area contributed by atoms with Gasteiger partial charge in [-0.15, -0.1) is 11.8 Å². The summed E-state index contributed by atoms with van der Waals surface area (Å²) in [6.07, 6.45) is 4.84. The molecule has 2 aliphatic heterocycles. The quantitative estimate of drug-likeness (QED) is 0.788. The third kappa shape index (κ3) is 2.44. The van der Waals surface area contributed by atoms with E-state index in [-0.39, 0.29) is 17.9 Å². The van der Waals surface area contributed by atoms with Gasteiger partial charge in [0.2, 0.25) is 5.91 Å². The summed E-state index contributed by atoms with van der Waals surface area (Å²) in [5, 5.41) is 0. The maximum Gasteiger partial charge on any atom is 0.250 e. The number of nitrogens with zero attached hydrogens (tertiary/aromatic N) is 2. The van der Waals surface area contributed by atoms with Crippen LogP contribution in [-0.2, 0) is 9.59 Å². The molecule has 2 heterocycles. The van der Waals surface area contributed by atoms with E-state index in [1.54, 1.807) is 21.6 Å². The maximum atomic E-state index is 12.8. The van der Waals surface area contributed by atoms with Crippen molar-refractivity contribution in [1.82, 2.24) is 4.90 Å². The fourth-order valence-corrected chi connectivity index (χ4v) is 3.66. The van der Waals surface area contributed by atoms with Gasteiger partial charge < -0.3 is 4.90 Å². The van der Waals surface area contributed by atoms with Crippen LogP contribution < -0.4 is 4.90 Å². The Kier molecular flexibility index (Phi) is 3.93. The number of piperidine rings is 1. The van der Waals surface area contributed by atoms with Gasteiger partial charge >= 0.3 is 0 Å². The molecule has 4 nitrogen and oxygen atoms in total. The zero-order valence-electron chi connectivity index (χ0n) is 12.4. The first-order chi connectivity index (χ1) is 10.1. The number of anilines is 1. The van der Waals surface area contributed by atoms with Gasteiger partial charge in [0, 0.05) is 17.1 Å². The number of hydrogen-bond donors (Lipinski definition) is 0. The smallest absolute Gasteiger partial charge is 0.250 e. The minimum Gasteiger partial charge on any atom is -0.329 e. The number of carbonyl (C=O) groups excluding carboxylic acids is 2. The Hall–Kier alpha value is -1.49. The van der Waals surface area contributed by atoms with E-state index in [1.165, 1.54) is 0 Å². The molecule has 2 unspecified atom stereocenters. The summed E-state index contributed by atoms with van der Waals surface area (Å²) >= 11 is 1.67. The largest absolute Gasteiger partial charge is 0.329 e. The van der Waals surface area contributed by atoms with E-state index < -0.39 is 6.04 Å². The van der Waals surface area contributed by atoms with E-state index in [0.717, 1.165) is 36.4 Å². The number of fused-ring (bicyclic) bond motifs is 1. The average Bonchev–Trinajstić information content (AvgIpc) is 2.53. The lowest BCUT2D eigenvalue weighted by Crippen LogP contribution is -2.65. The summed E-state index contributed by atoms with van der Waals surface area (Å²) in [4.78, 5) is 30.0. The Morgan fingerprint density at radius 2 is 1.81 bits per heavy atom. The molecule has 0 saturated carbocycles. The van der Waals surface area contributed by atoms with Crippen molar-refractivity contribution in [2.45, 2.75) is 43.2 Å². The standard InChI is InChI=1S/C16H20N2O2S/c1-11-15(19)17-10-4-3-5-14(17)16(20)18(11)12-6-8-13(21-2)9-7-12/h6-9,11,14H,3-5,10H2,1-2H3. The van der Waals surface area contributed by atoms with Gasteiger partial charge in [-0.1, -0.05) is 0 Å². The number of thioether (sulfide) groups is 1. The van der Waals surface area contributed by atoms with Crippen molar-refractivity contribution in [3.63, 3.8) is 0 Å². The SMILES string of the molecule is CSc1ccc(N2C(=O)C3CCCCN3C(=O)C2C)cc1.